The summed E-state index contributed by atoms with van der Waals surface area (Å²) in [6.07, 6.45) is 3.65. The minimum absolute atomic E-state index is 0.0780. The Morgan fingerprint density at radius 1 is 1.11 bits per heavy atom. The van der Waals surface area contributed by atoms with E-state index in [1.54, 1.807) is 0 Å². The Morgan fingerprint density at radius 2 is 1.74 bits per heavy atom. The maximum absolute atomic E-state index is 6.17. The third-order valence-electron chi connectivity index (χ3n) is 3.30. The zero-order chi connectivity index (χ0) is 13.7. The number of rotatable bonds is 5. The average Bonchev–Trinajstić information content (AvgIpc) is 2.40. The van der Waals surface area contributed by atoms with Gasteiger partial charge in [0.05, 0.1) is 0 Å². The van der Waals surface area contributed by atoms with E-state index in [9.17, 15) is 0 Å². The molecule has 0 radical (unpaired) electrons. The first-order chi connectivity index (χ1) is 9.18. The van der Waals surface area contributed by atoms with E-state index in [0.29, 0.717) is 0 Å². The summed E-state index contributed by atoms with van der Waals surface area (Å²) in [5.74, 6) is 0. The SMILES string of the molecule is CC(N)C(c1ccccc1)N(C)Cc1ccncc1. The maximum atomic E-state index is 6.17. The molecule has 1 heterocycles. The van der Waals surface area contributed by atoms with Crippen LogP contribution in [-0.4, -0.2) is 23.0 Å². The number of pyridine rings is 1. The summed E-state index contributed by atoms with van der Waals surface area (Å²) in [6.45, 7) is 2.92. The van der Waals surface area contributed by atoms with Crippen molar-refractivity contribution in [1.82, 2.24) is 9.88 Å². The minimum atomic E-state index is 0.0780. The van der Waals surface area contributed by atoms with E-state index in [2.05, 4.69) is 48.1 Å². The van der Waals surface area contributed by atoms with Gasteiger partial charge in [0, 0.05) is 31.0 Å². The molecule has 1 aromatic carbocycles. The van der Waals surface area contributed by atoms with Gasteiger partial charge in [0.2, 0.25) is 0 Å². The Hall–Kier alpha value is -1.71. The first kappa shape index (κ1) is 13.7. The molecule has 2 unspecified atom stereocenters. The molecule has 3 nitrogen and oxygen atoms in total. The zero-order valence-corrected chi connectivity index (χ0v) is 11.5. The first-order valence-electron chi connectivity index (χ1n) is 6.58. The number of hydrogen-bond acceptors (Lipinski definition) is 3. The van der Waals surface area contributed by atoms with Gasteiger partial charge in [0.25, 0.3) is 0 Å². The predicted octanol–water partition coefficient (Wildman–Crippen LogP) is 2.60. The smallest absolute Gasteiger partial charge is 0.0496 e. The molecule has 19 heavy (non-hydrogen) atoms. The molecule has 3 heteroatoms. The van der Waals surface area contributed by atoms with Crippen molar-refractivity contribution < 1.29 is 0 Å². The molecule has 2 N–H and O–H groups in total. The summed E-state index contributed by atoms with van der Waals surface area (Å²) < 4.78 is 0. The second-order valence-electron chi connectivity index (χ2n) is 4.99. The molecule has 1 aromatic heterocycles. The number of nitrogens with zero attached hydrogens (tertiary/aromatic N) is 2. The van der Waals surface area contributed by atoms with Crippen LogP contribution < -0.4 is 5.73 Å². The second kappa shape index (κ2) is 6.45. The van der Waals surface area contributed by atoms with Crippen LogP contribution >= 0.6 is 0 Å². The average molecular weight is 255 g/mol. The highest BCUT2D eigenvalue weighted by atomic mass is 15.1. The Bertz CT molecular complexity index is 482. The number of likely N-dealkylation sites (N-methyl/N-ethyl adjacent to an activating group) is 1. The van der Waals surface area contributed by atoms with Crippen LogP contribution in [0.1, 0.15) is 24.1 Å². The standard InChI is InChI=1S/C16H21N3/c1-13(17)16(15-6-4-3-5-7-15)19(2)12-14-8-10-18-11-9-14/h3-11,13,16H,12,17H2,1-2H3. The predicted molar refractivity (Wildman–Crippen MR) is 78.5 cm³/mol. The molecule has 0 bridgehead atoms. The summed E-state index contributed by atoms with van der Waals surface area (Å²) in [5.41, 5.74) is 8.68. The quantitative estimate of drug-likeness (QED) is 0.893. The normalized spacial score (nSPS) is 14.3. The number of benzene rings is 1. The lowest BCUT2D eigenvalue weighted by molar-refractivity contribution is 0.211. The van der Waals surface area contributed by atoms with Gasteiger partial charge in [0.15, 0.2) is 0 Å². The molecule has 0 fully saturated rings. The number of aromatic nitrogens is 1. The van der Waals surface area contributed by atoms with E-state index < -0.39 is 0 Å². The topological polar surface area (TPSA) is 42.1 Å². The largest absolute Gasteiger partial charge is 0.326 e. The van der Waals surface area contributed by atoms with E-state index in [1.807, 2.05) is 30.6 Å². The molecule has 0 aliphatic heterocycles. The van der Waals surface area contributed by atoms with Crippen molar-refractivity contribution in [2.75, 3.05) is 7.05 Å². The van der Waals surface area contributed by atoms with Gasteiger partial charge >= 0.3 is 0 Å². The van der Waals surface area contributed by atoms with Crippen LogP contribution in [0.5, 0.6) is 0 Å². The van der Waals surface area contributed by atoms with Crippen LogP contribution in [0.2, 0.25) is 0 Å². The lowest BCUT2D eigenvalue weighted by Gasteiger charge is -2.31. The van der Waals surface area contributed by atoms with Gasteiger partial charge in [-0.2, -0.15) is 0 Å². The van der Waals surface area contributed by atoms with Crippen LogP contribution in [0, 0.1) is 0 Å². The Kier molecular flexibility index (Phi) is 4.66. The van der Waals surface area contributed by atoms with Crippen LogP contribution in [0.25, 0.3) is 0 Å². The Morgan fingerprint density at radius 3 is 2.32 bits per heavy atom. The lowest BCUT2D eigenvalue weighted by Crippen LogP contribution is -2.36. The molecule has 0 saturated carbocycles. The molecule has 2 atom stereocenters. The van der Waals surface area contributed by atoms with Crippen molar-refractivity contribution in [2.24, 2.45) is 5.73 Å². The zero-order valence-electron chi connectivity index (χ0n) is 11.5. The van der Waals surface area contributed by atoms with E-state index in [-0.39, 0.29) is 12.1 Å². The van der Waals surface area contributed by atoms with Crippen LogP contribution in [0.3, 0.4) is 0 Å². The molecule has 2 aromatic rings. The molecule has 100 valence electrons. The van der Waals surface area contributed by atoms with Crippen molar-refractivity contribution in [1.29, 1.82) is 0 Å². The van der Waals surface area contributed by atoms with Gasteiger partial charge in [-0.3, -0.25) is 9.88 Å². The summed E-state index contributed by atoms with van der Waals surface area (Å²) in [6, 6.07) is 14.8. The summed E-state index contributed by atoms with van der Waals surface area (Å²) in [5, 5.41) is 0. The minimum Gasteiger partial charge on any atom is -0.326 e. The summed E-state index contributed by atoms with van der Waals surface area (Å²) >= 11 is 0. The van der Waals surface area contributed by atoms with E-state index in [4.69, 9.17) is 5.73 Å². The van der Waals surface area contributed by atoms with Crippen molar-refractivity contribution in [2.45, 2.75) is 25.6 Å². The highest BCUT2D eigenvalue weighted by Gasteiger charge is 2.20. The van der Waals surface area contributed by atoms with Crippen molar-refractivity contribution in [3.63, 3.8) is 0 Å². The molecule has 0 spiro atoms. The molecular weight excluding hydrogens is 234 g/mol. The third kappa shape index (κ3) is 3.63. The van der Waals surface area contributed by atoms with Gasteiger partial charge < -0.3 is 5.73 Å². The number of nitrogens with two attached hydrogens (primary N) is 1. The van der Waals surface area contributed by atoms with Crippen molar-refractivity contribution in [3.8, 4) is 0 Å². The van der Waals surface area contributed by atoms with Gasteiger partial charge in [-0.05, 0) is 37.2 Å². The highest BCUT2D eigenvalue weighted by Crippen LogP contribution is 2.23. The molecule has 0 aliphatic carbocycles. The fourth-order valence-corrected chi connectivity index (χ4v) is 2.48. The van der Waals surface area contributed by atoms with Gasteiger partial charge in [-0.25, -0.2) is 0 Å². The first-order valence-corrected chi connectivity index (χ1v) is 6.58. The van der Waals surface area contributed by atoms with E-state index in [0.717, 1.165) is 6.54 Å². The maximum Gasteiger partial charge on any atom is 0.0496 e. The van der Waals surface area contributed by atoms with Crippen molar-refractivity contribution in [3.05, 3.63) is 66.0 Å². The molecular formula is C16H21N3. The van der Waals surface area contributed by atoms with Gasteiger partial charge in [-0.15, -0.1) is 0 Å². The highest BCUT2D eigenvalue weighted by molar-refractivity contribution is 5.21. The monoisotopic (exact) mass is 255 g/mol. The molecule has 0 aliphatic rings. The van der Waals surface area contributed by atoms with E-state index in [1.165, 1.54) is 11.1 Å². The van der Waals surface area contributed by atoms with Crippen LogP contribution in [0.4, 0.5) is 0 Å². The molecule has 2 rings (SSSR count). The Labute approximate surface area is 115 Å². The fourth-order valence-electron chi connectivity index (χ4n) is 2.48. The summed E-state index contributed by atoms with van der Waals surface area (Å²) in [7, 11) is 2.11. The third-order valence-corrected chi connectivity index (χ3v) is 3.30. The van der Waals surface area contributed by atoms with Gasteiger partial charge in [0.1, 0.15) is 0 Å². The summed E-state index contributed by atoms with van der Waals surface area (Å²) in [4.78, 5) is 6.33. The number of hydrogen-bond donors (Lipinski definition) is 1. The molecule has 0 amide bonds. The second-order valence-corrected chi connectivity index (χ2v) is 4.99. The Balaban J connectivity index is 2.16. The van der Waals surface area contributed by atoms with Crippen LogP contribution in [-0.2, 0) is 6.54 Å². The van der Waals surface area contributed by atoms with Crippen molar-refractivity contribution >= 4 is 0 Å². The van der Waals surface area contributed by atoms with Gasteiger partial charge in [-0.1, -0.05) is 30.3 Å². The van der Waals surface area contributed by atoms with Crippen LogP contribution in [0.15, 0.2) is 54.9 Å². The molecule has 0 saturated heterocycles. The fraction of sp³-hybridized carbons (Fsp3) is 0.312. The lowest BCUT2D eigenvalue weighted by atomic mass is 9.99. The van der Waals surface area contributed by atoms with E-state index >= 15 is 0 Å².